The van der Waals surface area contributed by atoms with Crippen molar-refractivity contribution in [3.63, 3.8) is 0 Å². The van der Waals surface area contributed by atoms with Crippen molar-refractivity contribution in [3.8, 4) is 0 Å². The van der Waals surface area contributed by atoms with Gasteiger partial charge in [0, 0.05) is 40.1 Å². The van der Waals surface area contributed by atoms with E-state index in [1.807, 2.05) is 0 Å². The predicted octanol–water partition coefficient (Wildman–Crippen LogP) is 4.17. The first kappa shape index (κ1) is 29.4. The number of hydrogen-bond acceptors (Lipinski definition) is 7. The summed E-state index contributed by atoms with van der Waals surface area (Å²) in [5.74, 6) is -1.75. The maximum absolute atomic E-state index is 14.3. The molecule has 1 unspecified atom stereocenters. The average molecular weight is 619 g/mol. The van der Waals surface area contributed by atoms with Gasteiger partial charge in [0.25, 0.3) is 11.8 Å². The van der Waals surface area contributed by atoms with E-state index in [1.165, 1.54) is 18.6 Å². The second-order valence-corrected chi connectivity index (χ2v) is 12.8. The Balaban J connectivity index is 1.60. The van der Waals surface area contributed by atoms with Crippen LogP contribution in [0.5, 0.6) is 0 Å². The summed E-state index contributed by atoms with van der Waals surface area (Å²) in [6.45, 7) is -0.0219. The van der Waals surface area contributed by atoms with Crippen molar-refractivity contribution in [3.05, 3.63) is 93.5 Å². The van der Waals surface area contributed by atoms with Crippen molar-refractivity contribution in [2.75, 3.05) is 6.26 Å². The van der Waals surface area contributed by atoms with Crippen LogP contribution in [0.4, 0.5) is 0 Å². The third-order valence-electron chi connectivity index (χ3n) is 7.40. The number of amides is 2. The summed E-state index contributed by atoms with van der Waals surface area (Å²) in [6, 6.07) is 9.86. The minimum Gasteiger partial charge on any atom is -0.326 e. The Bertz CT molecular complexity index is 1540. The van der Waals surface area contributed by atoms with Gasteiger partial charge in [-0.25, -0.2) is 18.6 Å². The van der Waals surface area contributed by atoms with E-state index in [0.29, 0.717) is 40.2 Å². The highest BCUT2D eigenvalue weighted by atomic mass is 35.5. The highest BCUT2D eigenvalue weighted by Gasteiger charge is 2.49. The van der Waals surface area contributed by atoms with E-state index in [1.54, 1.807) is 47.4 Å². The Hall–Kier alpha value is -3.09. The van der Waals surface area contributed by atoms with Crippen LogP contribution < -0.4 is 10.2 Å². The van der Waals surface area contributed by atoms with E-state index in [9.17, 15) is 18.0 Å². The van der Waals surface area contributed by atoms with Crippen LogP contribution in [0.15, 0.2) is 61.1 Å². The van der Waals surface area contributed by atoms with Crippen molar-refractivity contribution >= 4 is 45.0 Å². The number of hydrogen-bond donors (Lipinski definition) is 2. The van der Waals surface area contributed by atoms with E-state index in [-0.39, 0.29) is 17.5 Å². The lowest BCUT2D eigenvalue weighted by molar-refractivity contribution is -0.138. The summed E-state index contributed by atoms with van der Waals surface area (Å²) in [7, 11) is -3.58. The van der Waals surface area contributed by atoms with Crippen molar-refractivity contribution in [1.82, 2.24) is 25.1 Å². The highest BCUT2D eigenvalue weighted by molar-refractivity contribution is 7.88. The van der Waals surface area contributed by atoms with Gasteiger partial charge in [0.15, 0.2) is 0 Å². The smallest absolute Gasteiger partial charge is 0.255 e. The molecule has 2 aromatic carbocycles. The van der Waals surface area contributed by atoms with Gasteiger partial charge in [-0.3, -0.25) is 24.4 Å². The van der Waals surface area contributed by atoms with Crippen LogP contribution in [-0.4, -0.2) is 53.4 Å². The molecular weight excluding hydrogens is 589 g/mol. The van der Waals surface area contributed by atoms with Gasteiger partial charge in [-0.15, -0.1) is 0 Å². The maximum atomic E-state index is 14.3. The summed E-state index contributed by atoms with van der Waals surface area (Å²) < 4.78 is 27.4. The molecule has 2 amide bonds. The number of halogens is 2. The van der Waals surface area contributed by atoms with Crippen molar-refractivity contribution in [1.29, 1.82) is 0 Å². The van der Waals surface area contributed by atoms with Crippen LogP contribution in [0, 0.1) is 0 Å². The van der Waals surface area contributed by atoms with Crippen molar-refractivity contribution in [2.24, 2.45) is 0 Å². The number of rotatable bonds is 8. The molecule has 5 rings (SSSR count). The SMILES string of the molecule is CS(=O)(=O)N[C@H]1CCCCC1N1C(=O)c2ccccc2[C@@H](C(=O)NOCc2cnccn2)[C@@H]1c1ccc(Cl)cc1Cl. The minimum absolute atomic E-state index is 0.0219. The van der Waals surface area contributed by atoms with Crippen LogP contribution >= 0.6 is 23.2 Å². The number of hydroxylamine groups is 1. The second-order valence-electron chi connectivity index (χ2n) is 10.2. The normalized spacial score (nSPS) is 22.7. The number of carbonyl (C=O) groups is 2. The number of aromatic nitrogens is 2. The molecule has 2 N–H and O–H groups in total. The molecule has 2 aliphatic rings. The number of nitrogens with one attached hydrogen (secondary N) is 2. The molecule has 3 aromatic rings. The number of fused-ring (bicyclic) bond motifs is 1. The topological polar surface area (TPSA) is 131 Å². The van der Waals surface area contributed by atoms with Crippen LogP contribution in [0.3, 0.4) is 0 Å². The van der Waals surface area contributed by atoms with Crippen LogP contribution in [0.25, 0.3) is 0 Å². The number of nitrogens with zero attached hydrogens (tertiary/aromatic N) is 3. The Morgan fingerprint density at radius 1 is 1.10 bits per heavy atom. The van der Waals surface area contributed by atoms with E-state index >= 15 is 0 Å². The van der Waals surface area contributed by atoms with Crippen LogP contribution in [0.1, 0.15) is 64.8 Å². The molecule has 41 heavy (non-hydrogen) atoms. The third kappa shape index (κ3) is 6.54. The number of carbonyl (C=O) groups excluding carboxylic acids is 2. The second kappa shape index (κ2) is 12.4. The summed E-state index contributed by atoms with van der Waals surface area (Å²) in [5.41, 5.74) is 4.42. The lowest BCUT2D eigenvalue weighted by atomic mass is 9.76. The maximum Gasteiger partial charge on any atom is 0.255 e. The monoisotopic (exact) mass is 617 g/mol. The first-order chi connectivity index (χ1) is 19.6. The highest BCUT2D eigenvalue weighted by Crippen LogP contribution is 2.47. The predicted molar refractivity (Wildman–Crippen MR) is 154 cm³/mol. The van der Waals surface area contributed by atoms with Crippen molar-refractivity contribution < 1.29 is 22.8 Å². The largest absolute Gasteiger partial charge is 0.326 e. The fourth-order valence-electron chi connectivity index (χ4n) is 5.78. The molecule has 0 bridgehead atoms. The van der Waals surface area contributed by atoms with Gasteiger partial charge >= 0.3 is 0 Å². The zero-order chi connectivity index (χ0) is 29.1. The number of benzene rings is 2. The molecule has 0 saturated heterocycles. The molecular formula is C28H29Cl2N5O5S. The average Bonchev–Trinajstić information content (AvgIpc) is 2.93. The molecule has 216 valence electrons. The summed E-state index contributed by atoms with van der Waals surface area (Å²) in [4.78, 5) is 43.5. The summed E-state index contributed by atoms with van der Waals surface area (Å²) in [5, 5.41) is 0.678. The molecule has 1 saturated carbocycles. The van der Waals surface area contributed by atoms with E-state index < -0.39 is 40.0 Å². The zero-order valence-corrected chi connectivity index (χ0v) is 24.5. The van der Waals surface area contributed by atoms with Gasteiger partial charge in [-0.1, -0.05) is 60.3 Å². The van der Waals surface area contributed by atoms with Gasteiger partial charge in [0.1, 0.15) is 6.61 Å². The Labute approximate surface area is 248 Å². The molecule has 2 heterocycles. The van der Waals surface area contributed by atoms with Crippen molar-refractivity contribution in [2.45, 2.75) is 56.3 Å². The van der Waals surface area contributed by atoms with E-state index in [4.69, 9.17) is 28.0 Å². The molecule has 13 heteroatoms. The van der Waals surface area contributed by atoms with Gasteiger partial charge in [-0.05, 0) is 42.2 Å². The molecule has 4 atom stereocenters. The van der Waals surface area contributed by atoms with Crippen LogP contribution in [0.2, 0.25) is 10.0 Å². The zero-order valence-electron chi connectivity index (χ0n) is 22.2. The van der Waals surface area contributed by atoms with Gasteiger partial charge in [-0.2, -0.15) is 0 Å². The molecule has 1 aliphatic heterocycles. The van der Waals surface area contributed by atoms with Gasteiger partial charge in [0.2, 0.25) is 10.0 Å². The summed E-state index contributed by atoms with van der Waals surface area (Å²) >= 11 is 12.9. The third-order valence-corrected chi connectivity index (χ3v) is 8.69. The van der Waals surface area contributed by atoms with Crippen LogP contribution in [-0.2, 0) is 26.3 Å². The minimum atomic E-state index is -3.58. The first-order valence-corrected chi connectivity index (χ1v) is 15.8. The Kier molecular flexibility index (Phi) is 8.91. The lowest BCUT2D eigenvalue weighted by Gasteiger charge is -2.49. The summed E-state index contributed by atoms with van der Waals surface area (Å²) in [6.07, 6.45) is 8.35. The molecule has 0 spiro atoms. The fourth-order valence-corrected chi connectivity index (χ4v) is 7.12. The molecule has 1 aliphatic carbocycles. The Morgan fingerprint density at radius 3 is 2.61 bits per heavy atom. The number of sulfonamides is 1. The quantitative estimate of drug-likeness (QED) is 0.363. The standard InChI is InChI=1S/C28H29Cl2N5O5S/c1-41(38,39)34-23-8-4-5-9-24(23)35-26(21-11-10-17(29)14-22(21)30)25(19-6-2-3-7-20(19)28(35)37)27(36)33-40-16-18-15-31-12-13-32-18/h2-3,6-7,10-15,23-26,34H,4-5,8-9,16H2,1H3,(H,33,36)/t23-,24?,25+,26-/m0/s1. The van der Waals surface area contributed by atoms with E-state index in [0.717, 1.165) is 19.1 Å². The fraction of sp³-hybridized carbons (Fsp3) is 0.357. The molecule has 1 aromatic heterocycles. The first-order valence-electron chi connectivity index (χ1n) is 13.1. The Morgan fingerprint density at radius 2 is 1.88 bits per heavy atom. The molecule has 10 nitrogen and oxygen atoms in total. The van der Waals surface area contributed by atoms with Gasteiger partial charge in [0.05, 0.1) is 30.1 Å². The molecule has 1 fully saturated rings. The lowest BCUT2D eigenvalue weighted by Crippen LogP contribution is -2.59. The van der Waals surface area contributed by atoms with Gasteiger partial charge < -0.3 is 4.90 Å². The van der Waals surface area contributed by atoms with E-state index in [2.05, 4.69) is 20.2 Å². The molecule has 0 radical (unpaired) electrons.